The van der Waals surface area contributed by atoms with Crippen LogP contribution >= 0.6 is 11.9 Å². The van der Waals surface area contributed by atoms with Crippen LogP contribution in [0.5, 0.6) is 0 Å². The predicted molar refractivity (Wildman–Crippen MR) is 123 cm³/mol. The highest BCUT2D eigenvalue weighted by Gasteiger charge is 2.49. The van der Waals surface area contributed by atoms with Crippen LogP contribution in [0.1, 0.15) is 64.5 Å². The Hall–Kier alpha value is -1.95. The standard InChI is InChI=1S/C24H31F6N3O2S/c1-12-7-13-8-14(11-22(4,10-13)19(31)34)18(12)32-20(35)21(2,3)33-36-17-9-15(23(25,26)27)5-6-16(17)24(28,29)30/h5-6,9,12-14,18,33H,7-8,10-11H2,1-4H3,(H2,31,34)(H,32,35). The third-order valence-corrected chi connectivity index (χ3v) is 8.57. The number of nitrogens with one attached hydrogen (secondary N) is 2. The van der Waals surface area contributed by atoms with E-state index in [0.29, 0.717) is 48.9 Å². The second-order valence-electron chi connectivity index (χ2n) is 10.9. The van der Waals surface area contributed by atoms with Crippen LogP contribution in [-0.2, 0) is 21.9 Å². The number of nitrogens with two attached hydrogens (primary N) is 1. The van der Waals surface area contributed by atoms with Gasteiger partial charge in [-0.15, -0.1) is 0 Å². The number of alkyl halides is 6. The minimum absolute atomic E-state index is 0.0118. The van der Waals surface area contributed by atoms with Gasteiger partial charge in [0, 0.05) is 16.4 Å². The second kappa shape index (κ2) is 9.74. The quantitative estimate of drug-likeness (QED) is 0.328. The number of carbonyl (C=O) groups is 2. The fraction of sp³-hybridized carbons (Fsp3) is 0.667. The van der Waals surface area contributed by atoms with Crippen LogP contribution < -0.4 is 15.8 Å². The number of carbonyl (C=O) groups excluding carboxylic acids is 2. The van der Waals surface area contributed by atoms with E-state index in [-0.39, 0.29) is 23.8 Å². The molecule has 5 unspecified atom stereocenters. The SMILES string of the molecule is CC1CC2CC(CC(C)(C(N)=O)C2)C1NC(=O)C(C)(C)NSc1cc(C(F)(F)F)ccc1C(F)(F)F. The Balaban J connectivity index is 1.75. The fourth-order valence-electron chi connectivity index (χ4n) is 5.52. The van der Waals surface area contributed by atoms with Gasteiger partial charge in [-0.1, -0.05) is 13.8 Å². The van der Waals surface area contributed by atoms with E-state index in [2.05, 4.69) is 10.0 Å². The van der Waals surface area contributed by atoms with E-state index in [9.17, 15) is 35.9 Å². The molecule has 0 radical (unpaired) electrons. The summed E-state index contributed by atoms with van der Waals surface area (Å²) in [5.41, 5.74) is 1.10. The van der Waals surface area contributed by atoms with Crippen molar-refractivity contribution < 1.29 is 35.9 Å². The predicted octanol–water partition coefficient (Wildman–Crippen LogP) is 5.53. The number of rotatable bonds is 6. The molecule has 5 atom stereocenters. The van der Waals surface area contributed by atoms with Crippen LogP contribution in [0.15, 0.2) is 23.1 Å². The molecular formula is C24H31F6N3O2S. The Bertz CT molecular complexity index is 1010. The third kappa shape index (κ3) is 6.12. The molecule has 36 heavy (non-hydrogen) atoms. The van der Waals surface area contributed by atoms with Crippen LogP contribution in [-0.4, -0.2) is 23.4 Å². The Kier molecular flexibility index (Phi) is 7.74. The molecule has 4 N–H and O–H groups in total. The van der Waals surface area contributed by atoms with Crippen molar-refractivity contribution in [2.45, 2.75) is 82.2 Å². The highest BCUT2D eigenvalue weighted by atomic mass is 32.2. The largest absolute Gasteiger partial charge is 0.417 e. The molecular weight excluding hydrogens is 508 g/mol. The average molecular weight is 540 g/mol. The molecule has 2 aliphatic carbocycles. The highest BCUT2D eigenvalue weighted by molar-refractivity contribution is 7.97. The molecule has 3 rings (SSSR count). The third-order valence-electron chi connectivity index (χ3n) is 7.40. The van der Waals surface area contributed by atoms with Gasteiger partial charge in [0.1, 0.15) is 5.54 Å². The van der Waals surface area contributed by atoms with Crippen LogP contribution in [0, 0.1) is 23.2 Å². The van der Waals surface area contributed by atoms with Crippen LogP contribution in [0.25, 0.3) is 0 Å². The maximum absolute atomic E-state index is 13.4. The van der Waals surface area contributed by atoms with Crippen molar-refractivity contribution in [1.82, 2.24) is 10.0 Å². The Morgan fingerprint density at radius 3 is 2.25 bits per heavy atom. The molecule has 2 fully saturated rings. The molecule has 202 valence electrons. The van der Waals surface area contributed by atoms with E-state index >= 15 is 0 Å². The molecule has 0 aliphatic heterocycles. The normalized spacial score (nSPS) is 29.1. The fourth-order valence-corrected chi connectivity index (χ4v) is 6.46. The summed E-state index contributed by atoms with van der Waals surface area (Å²) in [6, 6.07) is 0.925. The number of benzene rings is 1. The van der Waals surface area contributed by atoms with E-state index in [4.69, 9.17) is 5.73 Å². The monoisotopic (exact) mass is 539 g/mol. The topological polar surface area (TPSA) is 84.2 Å². The highest BCUT2D eigenvalue weighted by Crippen LogP contribution is 2.50. The van der Waals surface area contributed by atoms with Crippen molar-refractivity contribution in [2.24, 2.45) is 28.9 Å². The van der Waals surface area contributed by atoms with Crippen molar-refractivity contribution in [3.8, 4) is 0 Å². The molecule has 1 aromatic carbocycles. The van der Waals surface area contributed by atoms with Crippen molar-refractivity contribution >= 4 is 23.8 Å². The van der Waals surface area contributed by atoms with Gasteiger partial charge in [0.2, 0.25) is 11.8 Å². The molecule has 0 saturated heterocycles. The molecule has 5 nitrogen and oxygen atoms in total. The minimum atomic E-state index is -4.87. The minimum Gasteiger partial charge on any atom is -0.369 e. The molecule has 0 aromatic heterocycles. The van der Waals surface area contributed by atoms with E-state index in [1.54, 1.807) is 0 Å². The summed E-state index contributed by atoms with van der Waals surface area (Å²) >= 11 is 0.332. The number of fused-ring (bicyclic) bond motifs is 2. The van der Waals surface area contributed by atoms with Crippen molar-refractivity contribution in [3.05, 3.63) is 29.3 Å². The Labute approximate surface area is 210 Å². The zero-order chi connectivity index (χ0) is 27.3. The van der Waals surface area contributed by atoms with Crippen LogP contribution in [0.2, 0.25) is 0 Å². The van der Waals surface area contributed by atoms with Gasteiger partial charge >= 0.3 is 12.4 Å². The first-order chi connectivity index (χ1) is 16.3. The molecule has 0 heterocycles. The lowest BCUT2D eigenvalue weighted by Gasteiger charge is -2.50. The molecule has 0 spiro atoms. The van der Waals surface area contributed by atoms with Crippen LogP contribution in [0.4, 0.5) is 26.3 Å². The van der Waals surface area contributed by atoms with Crippen molar-refractivity contribution in [2.75, 3.05) is 0 Å². The molecule has 1 aromatic rings. The lowest BCUT2D eigenvalue weighted by atomic mass is 9.57. The van der Waals surface area contributed by atoms with E-state index < -0.39 is 45.2 Å². The smallest absolute Gasteiger partial charge is 0.369 e. The molecule has 2 aliphatic rings. The zero-order valence-corrected chi connectivity index (χ0v) is 21.3. The van der Waals surface area contributed by atoms with Gasteiger partial charge in [0.05, 0.1) is 11.1 Å². The molecule has 12 heteroatoms. The lowest BCUT2D eigenvalue weighted by Crippen LogP contribution is -2.59. The van der Waals surface area contributed by atoms with Crippen molar-refractivity contribution in [1.29, 1.82) is 0 Å². The molecule has 2 saturated carbocycles. The van der Waals surface area contributed by atoms with E-state index in [0.717, 1.165) is 12.8 Å². The number of hydrogen-bond acceptors (Lipinski definition) is 4. The van der Waals surface area contributed by atoms with E-state index in [1.807, 2.05) is 13.8 Å². The molecule has 2 bridgehead atoms. The lowest BCUT2D eigenvalue weighted by molar-refractivity contribution is -0.143. The first-order valence-corrected chi connectivity index (χ1v) is 12.5. The first-order valence-electron chi connectivity index (χ1n) is 11.7. The number of primary amides is 1. The first kappa shape index (κ1) is 28.6. The van der Waals surface area contributed by atoms with Gasteiger partial charge in [0.15, 0.2) is 0 Å². The maximum Gasteiger partial charge on any atom is 0.417 e. The summed E-state index contributed by atoms with van der Waals surface area (Å²) in [6.45, 7) is 6.73. The summed E-state index contributed by atoms with van der Waals surface area (Å²) in [6.07, 6.45) is -6.84. The van der Waals surface area contributed by atoms with Gasteiger partial charge in [-0.05, 0) is 87.4 Å². The Morgan fingerprint density at radius 1 is 1.06 bits per heavy atom. The molecule has 2 amide bonds. The summed E-state index contributed by atoms with van der Waals surface area (Å²) < 4.78 is 82.2. The summed E-state index contributed by atoms with van der Waals surface area (Å²) in [7, 11) is 0. The number of amides is 2. The Morgan fingerprint density at radius 2 is 1.69 bits per heavy atom. The average Bonchev–Trinajstić information content (AvgIpc) is 2.73. The van der Waals surface area contributed by atoms with Crippen molar-refractivity contribution in [3.63, 3.8) is 0 Å². The number of hydrogen-bond donors (Lipinski definition) is 3. The summed E-state index contributed by atoms with van der Waals surface area (Å²) in [5.74, 6) is -0.446. The van der Waals surface area contributed by atoms with Gasteiger partial charge in [-0.3, -0.25) is 9.59 Å². The van der Waals surface area contributed by atoms with Gasteiger partial charge in [-0.25, -0.2) is 4.72 Å². The zero-order valence-electron chi connectivity index (χ0n) is 20.4. The second-order valence-corrected chi connectivity index (χ2v) is 11.8. The van der Waals surface area contributed by atoms with Gasteiger partial charge in [-0.2, -0.15) is 26.3 Å². The summed E-state index contributed by atoms with van der Waals surface area (Å²) in [4.78, 5) is 24.6. The number of halogens is 6. The van der Waals surface area contributed by atoms with Gasteiger partial charge < -0.3 is 11.1 Å². The maximum atomic E-state index is 13.4. The van der Waals surface area contributed by atoms with Gasteiger partial charge in [0.25, 0.3) is 0 Å². The summed E-state index contributed by atoms with van der Waals surface area (Å²) in [5, 5.41) is 2.99. The van der Waals surface area contributed by atoms with E-state index in [1.165, 1.54) is 13.8 Å². The van der Waals surface area contributed by atoms with Crippen LogP contribution in [0.3, 0.4) is 0 Å².